The first-order chi connectivity index (χ1) is 11.7. The van der Waals surface area contributed by atoms with Crippen molar-refractivity contribution < 1.29 is 22.7 Å². The molecule has 1 aromatic rings. The summed E-state index contributed by atoms with van der Waals surface area (Å²) in [6.45, 7) is 3.59. The molecule has 0 radical (unpaired) electrons. The Hall–Kier alpha value is -1.89. The summed E-state index contributed by atoms with van der Waals surface area (Å²) in [5.41, 5.74) is -0.0596. The van der Waals surface area contributed by atoms with Crippen LogP contribution in [0.3, 0.4) is 0 Å². The van der Waals surface area contributed by atoms with Gasteiger partial charge in [0.25, 0.3) is 5.91 Å². The molecule has 3 atom stereocenters. The van der Waals surface area contributed by atoms with Gasteiger partial charge in [-0.15, -0.1) is 0 Å². The van der Waals surface area contributed by atoms with E-state index in [1.165, 1.54) is 31.5 Å². The third-order valence-electron chi connectivity index (χ3n) is 4.60. The Morgan fingerprint density at radius 1 is 1.20 bits per heavy atom. The summed E-state index contributed by atoms with van der Waals surface area (Å²) in [7, 11) is -3.57. The standard InChI is InChI=1S/C18H25NO5S/c1-12-8-4-6-10-15(12)19-17(20)13(2)24-18(21)14-9-5-7-11-16(14)25(3,22)23/h5,7,9,11-13,15H,4,6,8,10H2,1-3H3,(H,19,20). The highest BCUT2D eigenvalue weighted by atomic mass is 32.2. The minimum Gasteiger partial charge on any atom is -0.449 e. The summed E-state index contributed by atoms with van der Waals surface area (Å²) in [5, 5.41) is 2.94. The number of nitrogens with one attached hydrogen (secondary N) is 1. The molecule has 1 aliphatic carbocycles. The zero-order chi connectivity index (χ0) is 18.6. The van der Waals surface area contributed by atoms with E-state index in [2.05, 4.69) is 12.2 Å². The number of benzene rings is 1. The fourth-order valence-corrected chi connectivity index (χ4v) is 3.94. The van der Waals surface area contributed by atoms with Gasteiger partial charge in [0.15, 0.2) is 15.9 Å². The van der Waals surface area contributed by atoms with Gasteiger partial charge in [-0.05, 0) is 37.8 Å². The fraction of sp³-hybridized carbons (Fsp3) is 0.556. The molecular weight excluding hydrogens is 342 g/mol. The second-order valence-electron chi connectivity index (χ2n) is 6.69. The summed E-state index contributed by atoms with van der Waals surface area (Å²) in [6, 6.07) is 5.91. The van der Waals surface area contributed by atoms with Gasteiger partial charge in [0.1, 0.15) is 0 Å². The van der Waals surface area contributed by atoms with Crippen LogP contribution in [0.5, 0.6) is 0 Å². The zero-order valence-electron chi connectivity index (χ0n) is 14.8. The minimum absolute atomic E-state index is 0.0596. The zero-order valence-corrected chi connectivity index (χ0v) is 15.6. The lowest BCUT2D eigenvalue weighted by Crippen LogP contribution is -2.46. The quantitative estimate of drug-likeness (QED) is 0.807. The summed E-state index contributed by atoms with van der Waals surface area (Å²) >= 11 is 0. The highest BCUT2D eigenvalue weighted by Gasteiger charge is 2.27. The number of esters is 1. The summed E-state index contributed by atoms with van der Waals surface area (Å²) < 4.78 is 28.8. The van der Waals surface area contributed by atoms with Crippen LogP contribution >= 0.6 is 0 Å². The van der Waals surface area contributed by atoms with Gasteiger partial charge < -0.3 is 10.1 Å². The second-order valence-corrected chi connectivity index (χ2v) is 8.68. The topological polar surface area (TPSA) is 89.5 Å². The number of hydrogen-bond acceptors (Lipinski definition) is 5. The molecule has 1 amide bonds. The van der Waals surface area contributed by atoms with Gasteiger partial charge in [-0.25, -0.2) is 13.2 Å². The Morgan fingerprint density at radius 2 is 1.84 bits per heavy atom. The average Bonchev–Trinajstić information content (AvgIpc) is 2.56. The predicted octanol–water partition coefficient (Wildman–Crippen LogP) is 2.33. The monoisotopic (exact) mass is 367 g/mol. The van der Waals surface area contributed by atoms with E-state index in [0.717, 1.165) is 25.5 Å². The van der Waals surface area contributed by atoms with Crippen molar-refractivity contribution in [3.05, 3.63) is 29.8 Å². The van der Waals surface area contributed by atoms with Crippen LogP contribution in [0.4, 0.5) is 0 Å². The minimum atomic E-state index is -3.57. The molecule has 3 unspecified atom stereocenters. The van der Waals surface area contributed by atoms with Crippen molar-refractivity contribution in [2.45, 2.75) is 56.6 Å². The molecule has 0 heterocycles. The van der Waals surface area contributed by atoms with E-state index < -0.39 is 21.9 Å². The van der Waals surface area contributed by atoms with E-state index in [0.29, 0.717) is 5.92 Å². The molecule has 0 aliphatic heterocycles. The third-order valence-corrected chi connectivity index (χ3v) is 5.75. The SMILES string of the molecule is CC(OC(=O)c1ccccc1S(C)(=O)=O)C(=O)NC1CCCCC1C. The summed E-state index contributed by atoms with van der Waals surface area (Å²) in [5.74, 6) is -0.782. The molecule has 1 N–H and O–H groups in total. The van der Waals surface area contributed by atoms with Crippen molar-refractivity contribution in [1.82, 2.24) is 5.32 Å². The van der Waals surface area contributed by atoms with Gasteiger partial charge in [-0.3, -0.25) is 4.79 Å². The number of carbonyl (C=O) groups is 2. The molecule has 1 aromatic carbocycles. The Labute approximate surface area is 148 Å². The third kappa shape index (κ3) is 5.04. The summed E-state index contributed by atoms with van der Waals surface area (Å²) in [6.07, 6.45) is 4.27. The van der Waals surface area contributed by atoms with E-state index in [4.69, 9.17) is 4.74 Å². The smallest absolute Gasteiger partial charge is 0.340 e. The molecule has 25 heavy (non-hydrogen) atoms. The highest BCUT2D eigenvalue weighted by Crippen LogP contribution is 2.24. The molecular formula is C18H25NO5S. The normalized spacial score (nSPS) is 22.0. The first kappa shape index (κ1) is 19.4. The highest BCUT2D eigenvalue weighted by molar-refractivity contribution is 7.90. The Morgan fingerprint density at radius 3 is 2.48 bits per heavy atom. The number of amides is 1. The van der Waals surface area contributed by atoms with Crippen molar-refractivity contribution in [2.75, 3.05) is 6.26 Å². The maximum atomic E-state index is 12.3. The largest absolute Gasteiger partial charge is 0.449 e. The van der Waals surface area contributed by atoms with Gasteiger partial charge in [0.05, 0.1) is 10.5 Å². The van der Waals surface area contributed by atoms with Crippen LogP contribution in [0, 0.1) is 5.92 Å². The molecule has 0 spiro atoms. The van der Waals surface area contributed by atoms with Crippen LogP contribution in [-0.4, -0.2) is 38.7 Å². The van der Waals surface area contributed by atoms with Crippen molar-refractivity contribution in [3.63, 3.8) is 0 Å². The van der Waals surface area contributed by atoms with Gasteiger partial charge in [-0.2, -0.15) is 0 Å². The lowest BCUT2D eigenvalue weighted by molar-refractivity contribution is -0.130. The molecule has 1 fully saturated rings. The lowest BCUT2D eigenvalue weighted by atomic mass is 9.86. The lowest BCUT2D eigenvalue weighted by Gasteiger charge is -2.30. The number of sulfone groups is 1. The number of hydrogen-bond donors (Lipinski definition) is 1. The van der Waals surface area contributed by atoms with E-state index in [1.807, 2.05) is 0 Å². The number of carbonyl (C=O) groups excluding carboxylic acids is 2. The van der Waals surface area contributed by atoms with Crippen LogP contribution in [0.25, 0.3) is 0 Å². The molecule has 0 aromatic heterocycles. The van der Waals surface area contributed by atoms with E-state index >= 15 is 0 Å². The molecule has 0 bridgehead atoms. The van der Waals surface area contributed by atoms with Crippen molar-refractivity contribution in [1.29, 1.82) is 0 Å². The predicted molar refractivity (Wildman–Crippen MR) is 94.0 cm³/mol. The molecule has 0 saturated heterocycles. The van der Waals surface area contributed by atoms with Crippen molar-refractivity contribution in [2.24, 2.45) is 5.92 Å². The van der Waals surface area contributed by atoms with E-state index in [-0.39, 0.29) is 22.4 Å². The van der Waals surface area contributed by atoms with Crippen LogP contribution < -0.4 is 5.32 Å². The molecule has 2 rings (SSSR count). The van der Waals surface area contributed by atoms with Gasteiger partial charge >= 0.3 is 5.97 Å². The maximum Gasteiger partial charge on any atom is 0.340 e. The van der Waals surface area contributed by atoms with Crippen LogP contribution in [0.1, 0.15) is 49.9 Å². The van der Waals surface area contributed by atoms with Crippen molar-refractivity contribution >= 4 is 21.7 Å². The number of rotatable bonds is 5. The molecule has 7 heteroatoms. The Bertz CT molecular complexity index is 744. The summed E-state index contributed by atoms with van der Waals surface area (Å²) in [4.78, 5) is 24.5. The second kappa shape index (κ2) is 7.99. The number of ether oxygens (including phenoxy) is 1. The maximum absolute atomic E-state index is 12.3. The Balaban J connectivity index is 2.04. The molecule has 1 saturated carbocycles. The molecule has 1 aliphatic rings. The van der Waals surface area contributed by atoms with Gasteiger partial charge in [0, 0.05) is 12.3 Å². The Kier molecular flexibility index (Phi) is 6.21. The van der Waals surface area contributed by atoms with Crippen LogP contribution in [0.2, 0.25) is 0 Å². The fourth-order valence-electron chi connectivity index (χ4n) is 3.07. The van der Waals surface area contributed by atoms with E-state index in [9.17, 15) is 18.0 Å². The van der Waals surface area contributed by atoms with Gasteiger partial charge in [-0.1, -0.05) is 31.9 Å². The molecule has 6 nitrogen and oxygen atoms in total. The van der Waals surface area contributed by atoms with E-state index in [1.54, 1.807) is 6.07 Å². The van der Waals surface area contributed by atoms with Gasteiger partial charge in [0.2, 0.25) is 0 Å². The van der Waals surface area contributed by atoms with Crippen LogP contribution in [0.15, 0.2) is 29.2 Å². The first-order valence-corrected chi connectivity index (χ1v) is 10.4. The molecule has 138 valence electrons. The first-order valence-electron chi connectivity index (χ1n) is 8.50. The van der Waals surface area contributed by atoms with Crippen LogP contribution in [-0.2, 0) is 19.4 Å². The van der Waals surface area contributed by atoms with Crippen molar-refractivity contribution in [3.8, 4) is 0 Å². The average molecular weight is 367 g/mol.